The Bertz CT molecular complexity index is 1820. The summed E-state index contributed by atoms with van der Waals surface area (Å²) in [5.41, 5.74) is 6.76. The van der Waals surface area contributed by atoms with E-state index in [2.05, 4.69) is 106 Å². The van der Waals surface area contributed by atoms with Crippen LogP contribution < -0.4 is 14.4 Å². The van der Waals surface area contributed by atoms with E-state index in [1.807, 2.05) is 12.1 Å². The number of rotatable bonds is 35. The lowest BCUT2D eigenvalue weighted by Gasteiger charge is -2.23. The fourth-order valence-electron chi connectivity index (χ4n) is 7.43. The highest BCUT2D eigenvalue weighted by atomic mass is 16.6. The maximum Gasteiger partial charge on any atom is 0.305 e. The summed E-state index contributed by atoms with van der Waals surface area (Å²) in [7, 11) is 5.88. The van der Waals surface area contributed by atoms with Crippen molar-refractivity contribution in [1.82, 2.24) is 0 Å². The van der Waals surface area contributed by atoms with Crippen molar-refractivity contribution < 1.29 is 66.6 Å². The Labute approximate surface area is 380 Å². The van der Waals surface area contributed by atoms with Crippen LogP contribution in [-0.4, -0.2) is 168 Å². The highest BCUT2D eigenvalue weighted by Crippen LogP contribution is 2.48. The highest BCUT2D eigenvalue weighted by molar-refractivity contribution is 6.03. The lowest BCUT2D eigenvalue weighted by Crippen LogP contribution is -2.26. The molecule has 15 heteroatoms. The maximum atomic E-state index is 10.4. The predicted molar refractivity (Wildman–Crippen MR) is 246 cm³/mol. The van der Waals surface area contributed by atoms with Gasteiger partial charge in [-0.25, -0.2) is 0 Å². The second kappa shape index (κ2) is 28.7. The Morgan fingerprint density at radius 1 is 0.594 bits per heavy atom. The number of likely N-dealkylation sites (N-methyl/N-ethyl adjacent to an activating group) is 1. The molecule has 0 bridgehead atoms. The molecule has 2 aliphatic heterocycles. The molecule has 0 aromatic heterocycles. The zero-order valence-corrected chi connectivity index (χ0v) is 39.2. The molecular weight excluding hydrogens is 825 g/mol. The number of nitrogens with zero attached hydrogens (tertiary/aromatic N) is 2. The average Bonchev–Trinajstić information content (AvgIpc) is 3.58. The summed E-state index contributed by atoms with van der Waals surface area (Å²) >= 11 is 0. The van der Waals surface area contributed by atoms with E-state index in [1.165, 1.54) is 28.2 Å². The molecular formula is C49H73N2O13+. The molecule has 2 heterocycles. The number of hydrogen-bond donors (Lipinski definition) is 1. The van der Waals surface area contributed by atoms with Crippen LogP contribution >= 0.6 is 0 Å². The van der Waals surface area contributed by atoms with Crippen LogP contribution in [0.1, 0.15) is 45.2 Å². The molecule has 2 aromatic rings. The first-order valence-corrected chi connectivity index (χ1v) is 22.3. The molecule has 0 atom stereocenters. The largest absolute Gasteiger partial charge is 0.491 e. The molecule has 0 saturated heterocycles. The third-order valence-corrected chi connectivity index (χ3v) is 10.9. The summed E-state index contributed by atoms with van der Waals surface area (Å²) in [6, 6.07) is 12.6. The summed E-state index contributed by atoms with van der Waals surface area (Å²) in [6.45, 7) is 17.8. The van der Waals surface area contributed by atoms with Gasteiger partial charge in [-0.3, -0.25) is 4.79 Å². The normalized spacial score (nSPS) is 15.9. The first kappa shape index (κ1) is 52.5. The number of carboxylic acids is 1. The topological polar surface area (TPSA) is 145 Å². The van der Waals surface area contributed by atoms with Crippen molar-refractivity contribution in [1.29, 1.82) is 0 Å². The van der Waals surface area contributed by atoms with Gasteiger partial charge in [0.1, 0.15) is 31.8 Å². The van der Waals surface area contributed by atoms with Crippen molar-refractivity contribution in [2.24, 2.45) is 0 Å². The van der Waals surface area contributed by atoms with Crippen LogP contribution in [0.5, 0.6) is 11.5 Å². The molecule has 2 aliphatic rings. The van der Waals surface area contributed by atoms with Gasteiger partial charge in [0.15, 0.2) is 5.71 Å². The number of anilines is 1. The van der Waals surface area contributed by atoms with E-state index in [0.29, 0.717) is 119 Å². The minimum absolute atomic E-state index is 0.00692. The average molecular weight is 898 g/mol. The Kier molecular flexibility index (Phi) is 23.5. The minimum Gasteiger partial charge on any atom is -0.491 e. The van der Waals surface area contributed by atoms with Gasteiger partial charge in [-0.05, 0) is 55.8 Å². The van der Waals surface area contributed by atoms with E-state index in [0.717, 1.165) is 17.2 Å². The van der Waals surface area contributed by atoms with E-state index in [9.17, 15) is 4.79 Å². The summed E-state index contributed by atoms with van der Waals surface area (Å²) in [5, 5.41) is 8.57. The van der Waals surface area contributed by atoms with Crippen molar-refractivity contribution in [2.75, 3.05) is 152 Å². The number of aliphatic carboxylic acids is 1. The van der Waals surface area contributed by atoms with Gasteiger partial charge in [0.25, 0.3) is 0 Å². The van der Waals surface area contributed by atoms with Gasteiger partial charge >= 0.3 is 5.97 Å². The van der Waals surface area contributed by atoms with Crippen molar-refractivity contribution in [2.45, 2.75) is 44.9 Å². The number of allylic oxidation sites excluding steroid dienone is 6. The number of fused-ring (bicyclic) bond motifs is 2. The molecule has 64 heavy (non-hydrogen) atoms. The van der Waals surface area contributed by atoms with E-state index in [4.69, 9.17) is 57.2 Å². The van der Waals surface area contributed by atoms with Gasteiger partial charge in [-0.2, -0.15) is 4.58 Å². The monoisotopic (exact) mass is 898 g/mol. The van der Waals surface area contributed by atoms with Crippen molar-refractivity contribution >= 4 is 23.1 Å². The predicted octanol–water partition coefficient (Wildman–Crippen LogP) is 6.13. The quantitative estimate of drug-likeness (QED) is 0.0481. The minimum atomic E-state index is -0.875. The van der Waals surface area contributed by atoms with Crippen LogP contribution in [0.25, 0.3) is 0 Å². The van der Waals surface area contributed by atoms with E-state index in [-0.39, 0.29) is 23.9 Å². The molecule has 0 radical (unpaired) electrons. The molecule has 0 amide bonds. The Morgan fingerprint density at radius 2 is 1.05 bits per heavy atom. The van der Waals surface area contributed by atoms with Crippen LogP contribution in [0.15, 0.2) is 72.5 Å². The number of methoxy groups -OCH3 is 1. The molecule has 15 nitrogen and oxygen atoms in total. The van der Waals surface area contributed by atoms with Gasteiger partial charge < -0.3 is 62.1 Å². The Morgan fingerprint density at radius 3 is 1.55 bits per heavy atom. The van der Waals surface area contributed by atoms with Crippen LogP contribution in [0.4, 0.5) is 11.4 Å². The highest BCUT2D eigenvalue weighted by Gasteiger charge is 2.43. The number of carboxylic acid groups (broad SMARTS) is 1. The third-order valence-electron chi connectivity index (χ3n) is 10.9. The zero-order valence-electron chi connectivity index (χ0n) is 39.2. The van der Waals surface area contributed by atoms with Crippen molar-refractivity contribution in [3.63, 3.8) is 0 Å². The first-order valence-electron chi connectivity index (χ1n) is 22.3. The summed E-state index contributed by atoms with van der Waals surface area (Å²) in [5.74, 6) is 0.769. The molecule has 0 fully saturated rings. The maximum absolute atomic E-state index is 10.4. The molecule has 0 spiro atoms. The second-order valence-electron chi connectivity index (χ2n) is 16.1. The molecule has 0 saturated carbocycles. The molecule has 0 unspecified atom stereocenters. The van der Waals surface area contributed by atoms with Crippen molar-refractivity contribution in [3.8, 4) is 11.5 Å². The first-order chi connectivity index (χ1) is 31.0. The molecule has 4 rings (SSSR count). The Balaban J connectivity index is 1.12. The molecule has 356 valence electrons. The standard InChI is InChI=1S/C49H72N2O13/c1-48(2)41-37-39(63-35-33-61-31-29-58-24-23-56-20-19-54-7)13-15-43(41)50(5)45(48)11-9-8-10-12-46-49(3,4)42-38-40(14-16-44(42)51(46)6)64-36-34-62-32-30-60-28-27-59-26-25-57-22-21-55-18-17-47(52)53/h8-16,37-38H,17-36H2,1-7H3/p+1. The number of benzene rings is 2. The second-order valence-corrected chi connectivity index (χ2v) is 16.1. The lowest BCUT2D eigenvalue weighted by atomic mass is 9.81. The summed E-state index contributed by atoms with van der Waals surface area (Å²) in [6.07, 6.45) is 10.7. The summed E-state index contributed by atoms with van der Waals surface area (Å²) < 4.78 is 63.3. The summed E-state index contributed by atoms with van der Waals surface area (Å²) in [4.78, 5) is 12.7. The Hall–Kier alpha value is -4.16. The van der Waals surface area contributed by atoms with Crippen LogP contribution in [0.2, 0.25) is 0 Å². The fourth-order valence-corrected chi connectivity index (χ4v) is 7.43. The zero-order chi connectivity index (χ0) is 46.0. The number of ether oxygens (including phenoxy) is 11. The van der Waals surface area contributed by atoms with E-state index >= 15 is 0 Å². The third kappa shape index (κ3) is 17.0. The van der Waals surface area contributed by atoms with Gasteiger partial charge in [-0.15, -0.1) is 0 Å². The van der Waals surface area contributed by atoms with Gasteiger partial charge in [-0.1, -0.05) is 32.1 Å². The molecule has 1 N–H and O–H groups in total. The molecule has 2 aromatic carbocycles. The fraction of sp³-hybridized carbons (Fsp3) is 0.592. The van der Waals surface area contributed by atoms with E-state index < -0.39 is 5.97 Å². The van der Waals surface area contributed by atoms with E-state index in [1.54, 1.807) is 7.11 Å². The van der Waals surface area contributed by atoms with Crippen molar-refractivity contribution in [3.05, 3.63) is 83.6 Å². The SMILES string of the molecule is COCCOCCOCCOCCOc1ccc2c(c1)C(C)(C)C(/C=C/C=C/C=C1/N(C)c3ccc(OCCOCCOCCOCCOCCOCCC(=O)O)cc3C1(C)C)=[N+]2C. The lowest BCUT2D eigenvalue weighted by molar-refractivity contribution is -0.401. The molecule has 0 aliphatic carbocycles. The van der Waals surface area contributed by atoms with Crippen LogP contribution in [0, 0.1) is 0 Å². The van der Waals surface area contributed by atoms with Gasteiger partial charge in [0, 0.05) is 48.7 Å². The van der Waals surface area contributed by atoms with Crippen LogP contribution in [-0.2, 0) is 58.3 Å². The number of hydrogen-bond acceptors (Lipinski definition) is 13. The van der Waals surface area contributed by atoms with Gasteiger partial charge in [0.05, 0.1) is 124 Å². The van der Waals surface area contributed by atoms with Crippen LogP contribution in [0.3, 0.4) is 0 Å². The van der Waals surface area contributed by atoms with Gasteiger partial charge in [0.2, 0.25) is 5.69 Å². The smallest absolute Gasteiger partial charge is 0.305 e. The number of carbonyl (C=O) groups is 1.